The topological polar surface area (TPSA) is 107 Å². The van der Waals surface area contributed by atoms with Crippen LogP contribution in [0.4, 0.5) is 4.79 Å². The van der Waals surface area contributed by atoms with Gasteiger partial charge in [0.25, 0.3) is 0 Å². The number of aliphatic hydroxyl groups excluding tert-OH is 1. The van der Waals surface area contributed by atoms with Crippen molar-refractivity contribution in [2.24, 2.45) is 0 Å². The fraction of sp³-hybridized carbons (Fsp3) is 0.750. The van der Waals surface area contributed by atoms with E-state index < -0.39 is 32.4 Å². The van der Waals surface area contributed by atoms with Gasteiger partial charge in [-0.2, -0.15) is 0 Å². The molecule has 3 heterocycles. The van der Waals surface area contributed by atoms with Gasteiger partial charge in [0.2, 0.25) is 0 Å². The molecule has 2 N–H and O–H groups in total. The largest absolute Gasteiger partial charge is 0.475 e. The molecule has 3 aliphatic rings. The summed E-state index contributed by atoms with van der Waals surface area (Å²) in [6, 6.07) is -0.382. The summed E-state index contributed by atoms with van der Waals surface area (Å²) in [6.07, 6.45) is -0.688. The fourth-order valence-corrected chi connectivity index (χ4v) is 4.12. The summed E-state index contributed by atoms with van der Waals surface area (Å²) in [6.45, 7) is 3.78. The number of phosphoric ester groups is 1. The molecular weight excluding hydrogens is 315 g/mol. The Morgan fingerprint density at radius 2 is 2.32 bits per heavy atom. The number of amides is 2. The van der Waals surface area contributed by atoms with Crippen molar-refractivity contribution in [3.05, 3.63) is 12.3 Å². The van der Waals surface area contributed by atoms with E-state index in [-0.39, 0.29) is 18.7 Å². The van der Waals surface area contributed by atoms with E-state index >= 15 is 0 Å². The van der Waals surface area contributed by atoms with Gasteiger partial charge in [-0.15, -0.1) is 0 Å². The van der Waals surface area contributed by atoms with E-state index in [9.17, 15) is 14.5 Å². The average Bonchev–Trinajstić information content (AvgIpc) is 2.75. The van der Waals surface area contributed by atoms with Crippen molar-refractivity contribution in [2.45, 2.75) is 44.5 Å². The predicted molar refractivity (Wildman–Crippen MR) is 73.7 cm³/mol. The van der Waals surface area contributed by atoms with E-state index in [1.165, 1.54) is 11.1 Å². The molecule has 0 radical (unpaired) electrons. The molecule has 0 spiro atoms. The minimum Gasteiger partial charge on any atom is -0.386 e. The van der Waals surface area contributed by atoms with Crippen LogP contribution in [0.5, 0.6) is 0 Å². The maximum atomic E-state index is 12.3. The SMILES string of the molecule is CC(C)OP1(=O)OCC2OC(N3C=CCNC3=O)C(O)C2O1. The first kappa shape index (κ1) is 15.9. The molecule has 0 aromatic heterocycles. The van der Waals surface area contributed by atoms with Gasteiger partial charge in [-0.25, -0.2) is 9.36 Å². The molecule has 0 aromatic rings. The molecule has 10 heteroatoms. The number of nitrogens with zero attached hydrogens (tertiary/aromatic N) is 1. The molecule has 0 bridgehead atoms. The monoisotopic (exact) mass is 334 g/mol. The molecular formula is C12H19N2O7P. The summed E-state index contributed by atoms with van der Waals surface area (Å²) in [5.74, 6) is 0. The molecule has 9 nitrogen and oxygen atoms in total. The van der Waals surface area contributed by atoms with Crippen LogP contribution in [-0.4, -0.2) is 59.8 Å². The average molecular weight is 334 g/mol. The second-order valence-electron chi connectivity index (χ2n) is 5.50. The highest BCUT2D eigenvalue weighted by Gasteiger charge is 2.55. The molecule has 5 unspecified atom stereocenters. The van der Waals surface area contributed by atoms with Crippen LogP contribution in [0.2, 0.25) is 0 Å². The Bertz CT molecular complexity index is 526. The van der Waals surface area contributed by atoms with Crippen LogP contribution >= 0.6 is 7.82 Å². The molecule has 2 amide bonds. The highest BCUT2D eigenvalue weighted by Crippen LogP contribution is 2.56. The van der Waals surface area contributed by atoms with Crippen LogP contribution < -0.4 is 5.32 Å². The van der Waals surface area contributed by atoms with Gasteiger partial charge >= 0.3 is 13.9 Å². The highest BCUT2D eigenvalue weighted by atomic mass is 31.2. The number of rotatable bonds is 3. The Kier molecular flexibility index (Phi) is 4.28. The summed E-state index contributed by atoms with van der Waals surface area (Å²) in [5.41, 5.74) is 0. The number of ether oxygens (including phenoxy) is 1. The van der Waals surface area contributed by atoms with Gasteiger partial charge < -0.3 is 15.2 Å². The first-order valence-corrected chi connectivity index (χ1v) is 8.53. The summed E-state index contributed by atoms with van der Waals surface area (Å²) in [7, 11) is -3.74. The molecule has 2 saturated heterocycles. The molecule has 22 heavy (non-hydrogen) atoms. The Morgan fingerprint density at radius 1 is 1.55 bits per heavy atom. The Hall–Kier alpha value is -0.960. The number of hydrogen-bond donors (Lipinski definition) is 2. The van der Waals surface area contributed by atoms with Crippen LogP contribution in [0.3, 0.4) is 0 Å². The first-order chi connectivity index (χ1) is 10.4. The van der Waals surface area contributed by atoms with E-state index in [0.717, 1.165) is 0 Å². The standard InChI is InChI=1S/C12H19N2O7P/c1-7(2)20-22(17)18-6-8-10(21-22)9(15)11(19-8)14-5-3-4-13-12(14)16/h3,5,7-11,15H,4,6H2,1-2H3,(H,13,16). The van der Waals surface area contributed by atoms with E-state index in [0.29, 0.717) is 6.54 Å². The lowest BCUT2D eigenvalue weighted by molar-refractivity contribution is -0.0795. The number of fused-ring (bicyclic) bond motifs is 1. The smallest absolute Gasteiger partial charge is 0.386 e. The third-order valence-corrected chi connectivity index (χ3v) is 5.09. The predicted octanol–water partition coefficient (Wildman–Crippen LogP) is 0.560. The Morgan fingerprint density at radius 3 is 3.00 bits per heavy atom. The first-order valence-electron chi connectivity index (χ1n) is 7.07. The van der Waals surface area contributed by atoms with Gasteiger partial charge in [0.1, 0.15) is 18.3 Å². The zero-order valence-electron chi connectivity index (χ0n) is 12.2. The summed E-state index contributed by atoms with van der Waals surface area (Å²) < 4.78 is 33.6. The van der Waals surface area contributed by atoms with Crippen molar-refractivity contribution in [3.63, 3.8) is 0 Å². The van der Waals surface area contributed by atoms with Crippen molar-refractivity contribution in [3.8, 4) is 0 Å². The lowest BCUT2D eigenvalue weighted by Gasteiger charge is -2.31. The number of urea groups is 1. The van der Waals surface area contributed by atoms with Crippen LogP contribution in [0.25, 0.3) is 0 Å². The maximum Gasteiger partial charge on any atom is 0.475 e. The minimum absolute atomic E-state index is 0.0403. The second-order valence-corrected chi connectivity index (χ2v) is 7.08. The molecule has 3 rings (SSSR count). The molecule has 0 saturated carbocycles. The fourth-order valence-electron chi connectivity index (χ4n) is 2.54. The van der Waals surface area contributed by atoms with E-state index in [2.05, 4.69) is 5.32 Å². The zero-order chi connectivity index (χ0) is 15.9. The molecule has 124 valence electrons. The van der Waals surface area contributed by atoms with Crippen molar-refractivity contribution < 1.29 is 32.8 Å². The number of nitrogens with one attached hydrogen (secondary N) is 1. The van der Waals surface area contributed by atoms with Crippen molar-refractivity contribution in [1.29, 1.82) is 0 Å². The molecule has 2 fully saturated rings. The number of carbonyl (C=O) groups excluding carboxylic acids is 1. The number of phosphoric acid groups is 1. The van der Waals surface area contributed by atoms with Gasteiger partial charge in [0, 0.05) is 12.7 Å². The Balaban J connectivity index is 1.74. The Labute approximate surface area is 127 Å². The molecule has 0 aliphatic carbocycles. The van der Waals surface area contributed by atoms with E-state index in [1.807, 2.05) is 0 Å². The summed E-state index contributed by atoms with van der Waals surface area (Å²) in [4.78, 5) is 13.1. The van der Waals surface area contributed by atoms with Gasteiger partial charge in [-0.1, -0.05) is 0 Å². The van der Waals surface area contributed by atoms with Crippen molar-refractivity contribution in [1.82, 2.24) is 10.2 Å². The highest BCUT2D eigenvalue weighted by molar-refractivity contribution is 7.48. The van der Waals surface area contributed by atoms with Gasteiger partial charge in [0.05, 0.1) is 12.7 Å². The van der Waals surface area contributed by atoms with E-state index in [1.54, 1.807) is 19.9 Å². The molecule has 3 aliphatic heterocycles. The third kappa shape index (κ3) is 2.92. The zero-order valence-corrected chi connectivity index (χ0v) is 13.1. The number of hydrogen-bond acceptors (Lipinski definition) is 7. The van der Waals surface area contributed by atoms with Gasteiger partial charge in [0.15, 0.2) is 6.23 Å². The van der Waals surface area contributed by atoms with Crippen molar-refractivity contribution >= 4 is 13.9 Å². The van der Waals surface area contributed by atoms with Gasteiger partial charge in [-0.05, 0) is 19.9 Å². The lowest BCUT2D eigenvalue weighted by atomic mass is 10.1. The quantitative estimate of drug-likeness (QED) is 0.726. The van der Waals surface area contributed by atoms with Gasteiger partial charge in [-0.3, -0.25) is 18.5 Å². The van der Waals surface area contributed by atoms with Crippen LogP contribution in [0.15, 0.2) is 12.3 Å². The lowest BCUT2D eigenvalue weighted by Crippen LogP contribution is -2.50. The molecule has 0 aromatic carbocycles. The van der Waals surface area contributed by atoms with Crippen LogP contribution in [0, 0.1) is 0 Å². The van der Waals surface area contributed by atoms with Crippen LogP contribution in [0.1, 0.15) is 13.8 Å². The second kappa shape index (κ2) is 5.92. The minimum atomic E-state index is -3.74. The maximum absolute atomic E-state index is 12.3. The van der Waals surface area contributed by atoms with E-state index in [4.69, 9.17) is 18.3 Å². The van der Waals surface area contributed by atoms with Crippen molar-refractivity contribution in [2.75, 3.05) is 13.2 Å². The number of aliphatic hydroxyl groups is 1. The third-order valence-electron chi connectivity index (χ3n) is 3.44. The molecule has 5 atom stereocenters. The summed E-state index contributed by atoms with van der Waals surface area (Å²) >= 11 is 0. The normalized spacial score (nSPS) is 41.6. The summed E-state index contributed by atoms with van der Waals surface area (Å²) in [5, 5.41) is 13.0. The van der Waals surface area contributed by atoms with Crippen LogP contribution in [-0.2, 0) is 22.9 Å². The number of carbonyl (C=O) groups is 1.